The van der Waals surface area contributed by atoms with E-state index in [1.54, 1.807) is 11.9 Å². The molecule has 2 nitrogen and oxygen atoms in total. The van der Waals surface area contributed by atoms with Crippen molar-refractivity contribution in [2.24, 2.45) is 11.7 Å². The Kier molecular flexibility index (Phi) is 4.47. The van der Waals surface area contributed by atoms with Crippen LogP contribution in [0, 0.1) is 5.92 Å². The normalized spacial score (nSPS) is 14.7. The first-order chi connectivity index (χ1) is 4.57. The molecule has 0 aromatic heterocycles. The Labute approximate surface area is 60.0 Å². The van der Waals surface area contributed by atoms with Gasteiger partial charge < -0.3 is 5.73 Å². The Hall–Kier alpha value is -0.220. The number of nitrogens with two attached hydrogens (primary N) is 1. The van der Waals surface area contributed by atoms with E-state index in [0.717, 1.165) is 0 Å². The lowest BCUT2D eigenvalue weighted by atomic mass is 10.2. The van der Waals surface area contributed by atoms with E-state index in [0.29, 0.717) is 13.2 Å². The molecule has 0 saturated heterocycles. The van der Waals surface area contributed by atoms with Crippen molar-refractivity contribution < 1.29 is 8.78 Å². The second-order valence-electron chi connectivity index (χ2n) is 2.53. The smallest absolute Gasteiger partial charge is 0.242 e. The van der Waals surface area contributed by atoms with Gasteiger partial charge in [-0.2, -0.15) is 0 Å². The number of halogens is 2. The minimum atomic E-state index is -2.24. The van der Waals surface area contributed by atoms with Crippen molar-refractivity contribution in [3.63, 3.8) is 0 Å². The van der Waals surface area contributed by atoms with Gasteiger partial charge in [0.05, 0.1) is 0 Å². The topological polar surface area (TPSA) is 29.3 Å². The van der Waals surface area contributed by atoms with E-state index in [1.807, 2.05) is 0 Å². The average Bonchev–Trinajstić information content (AvgIpc) is 1.87. The molecule has 0 aromatic rings. The number of hydrogen-bond donors (Lipinski definition) is 1. The first-order valence-electron chi connectivity index (χ1n) is 3.24. The van der Waals surface area contributed by atoms with Crippen LogP contribution in [0.4, 0.5) is 8.78 Å². The largest absolute Gasteiger partial charge is 0.318 e. The Morgan fingerprint density at radius 1 is 1.50 bits per heavy atom. The summed E-state index contributed by atoms with van der Waals surface area (Å²) >= 11 is 0. The summed E-state index contributed by atoms with van der Waals surface area (Å²) in [5, 5.41) is 0. The molecule has 4 heteroatoms. The fraction of sp³-hybridized carbons (Fsp3) is 1.00. The highest BCUT2D eigenvalue weighted by Gasteiger charge is 2.15. The SMILES string of the molecule is CC(CN(C)CN)C(F)F. The van der Waals surface area contributed by atoms with Gasteiger partial charge in [-0.3, -0.25) is 4.90 Å². The van der Waals surface area contributed by atoms with Crippen LogP contribution in [0.25, 0.3) is 0 Å². The third-order valence-electron chi connectivity index (χ3n) is 1.34. The first-order valence-corrected chi connectivity index (χ1v) is 3.24. The Morgan fingerprint density at radius 3 is 2.30 bits per heavy atom. The summed E-state index contributed by atoms with van der Waals surface area (Å²) in [5.74, 6) is -0.589. The van der Waals surface area contributed by atoms with E-state index >= 15 is 0 Å². The van der Waals surface area contributed by atoms with Gasteiger partial charge >= 0.3 is 0 Å². The van der Waals surface area contributed by atoms with E-state index in [2.05, 4.69) is 0 Å². The molecule has 0 rings (SSSR count). The van der Waals surface area contributed by atoms with Crippen LogP contribution in [0.3, 0.4) is 0 Å². The predicted octanol–water partition coefficient (Wildman–Crippen LogP) is 0.736. The van der Waals surface area contributed by atoms with E-state index in [9.17, 15) is 8.78 Å². The molecule has 1 unspecified atom stereocenters. The molecule has 0 aliphatic rings. The Bertz CT molecular complexity index is 87.8. The van der Waals surface area contributed by atoms with Crippen LogP contribution in [-0.4, -0.2) is 31.6 Å². The van der Waals surface area contributed by atoms with Gasteiger partial charge in [0.15, 0.2) is 0 Å². The highest BCUT2D eigenvalue weighted by molar-refractivity contribution is 4.58. The number of rotatable bonds is 4. The molecular formula is C6H14F2N2. The molecule has 0 amide bonds. The third kappa shape index (κ3) is 3.74. The molecule has 0 radical (unpaired) electrons. The van der Waals surface area contributed by atoms with Crippen LogP contribution >= 0.6 is 0 Å². The van der Waals surface area contributed by atoms with Crippen molar-refractivity contribution >= 4 is 0 Å². The first kappa shape index (κ1) is 9.78. The molecule has 0 spiro atoms. The van der Waals surface area contributed by atoms with Gasteiger partial charge in [-0.25, -0.2) is 8.78 Å². The Balaban J connectivity index is 3.46. The zero-order valence-electron chi connectivity index (χ0n) is 6.35. The lowest BCUT2D eigenvalue weighted by Gasteiger charge is -2.18. The van der Waals surface area contributed by atoms with E-state index in [1.165, 1.54) is 6.92 Å². The van der Waals surface area contributed by atoms with E-state index < -0.39 is 12.3 Å². The van der Waals surface area contributed by atoms with Crippen molar-refractivity contribution in [3.05, 3.63) is 0 Å². The molecule has 0 bridgehead atoms. The molecule has 0 aliphatic carbocycles. The van der Waals surface area contributed by atoms with Gasteiger partial charge in [-0.05, 0) is 7.05 Å². The summed E-state index contributed by atoms with van der Waals surface area (Å²) < 4.78 is 23.7. The predicted molar refractivity (Wildman–Crippen MR) is 36.9 cm³/mol. The van der Waals surface area contributed by atoms with Gasteiger partial charge in [-0.15, -0.1) is 0 Å². The summed E-state index contributed by atoms with van der Waals surface area (Å²) in [5.41, 5.74) is 5.20. The zero-order valence-corrected chi connectivity index (χ0v) is 6.35. The third-order valence-corrected chi connectivity index (χ3v) is 1.34. The number of alkyl halides is 2. The van der Waals surface area contributed by atoms with Crippen LogP contribution in [-0.2, 0) is 0 Å². The van der Waals surface area contributed by atoms with Crippen LogP contribution < -0.4 is 5.73 Å². The van der Waals surface area contributed by atoms with Crippen LogP contribution in [0.5, 0.6) is 0 Å². The molecular weight excluding hydrogens is 138 g/mol. The lowest BCUT2D eigenvalue weighted by molar-refractivity contribution is 0.0678. The van der Waals surface area contributed by atoms with Gasteiger partial charge in [0.1, 0.15) is 0 Å². The Morgan fingerprint density at radius 2 is 2.00 bits per heavy atom. The minimum absolute atomic E-state index is 0.330. The molecule has 62 valence electrons. The maximum Gasteiger partial charge on any atom is 0.242 e. The van der Waals surface area contributed by atoms with Gasteiger partial charge in [0, 0.05) is 19.1 Å². The monoisotopic (exact) mass is 152 g/mol. The second-order valence-corrected chi connectivity index (χ2v) is 2.53. The number of nitrogens with zero attached hydrogens (tertiary/aromatic N) is 1. The van der Waals surface area contributed by atoms with Gasteiger partial charge in [0.2, 0.25) is 6.43 Å². The van der Waals surface area contributed by atoms with E-state index in [4.69, 9.17) is 5.73 Å². The van der Waals surface area contributed by atoms with Gasteiger partial charge in [0.25, 0.3) is 0 Å². The minimum Gasteiger partial charge on any atom is -0.318 e. The fourth-order valence-corrected chi connectivity index (χ4v) is 0.646. The lowest BCUT2D eigenvalue weighted by Crippen LogP contribution is -2.32. The van der Waals surface area contributed by atoms with Crippen LogP contribution in [0.15, 0.2) is 0 Å². The highest BCUT2D eigenvalue weighted by atomic mass is 19.3. The fourth-order valence-electron chi connectivity index (χ4n) is 0.646. The molecule has 0 aliphatic heterocycles. The highest BCUT2D eigenvalue weighted by Crippen LogP contribution is 2.08. The molecule has 10 heavy (non-hydrogen) atoms. The van der Waals surface area contributed by atoms with Crippen molar-refractivity contribution in [3.8, 4) is 0 Å². The molecule has 2 N–H and O–H groups in total. The van der Waals surface area contributed by atoms with Crippen molar-refractivity contribution in [2.45, 2.75) is 13.3 Å². The standard InChI is InChI=1S/C6H14F2N2/c1-5(6(7)8)3-10(2)4-9/h5-6H,3-4,9H2,1-2H3. The van der Waals surface area contributed by atoms with Crippen LogP contribution in [0.2, 0.25) is 0 Å². The maximum atomic E-state index is 11.9. The molecule has 0 heterocycles. The molecule has 1 atom stereocenters. The van der Waals surface area contributed by atoms with Crippen molar-refractivity contribution in [1.82, 2.24) is 4.90 Å². The van der Waals surface area contributed by atoms with Crippen LogP contribution in [0.1, 0.15) is 6.92 Å². The van der Waals surface area contributed by atoms with Crippen molar-refractivity contribution in [1.29, 1.82) is 0 Å². The number of hydrogen-bond acceptors (Lipinski definition) is 2. The van der Waals surface area contributed by atoms with E-state index in [-0.39, 0.29) is 0 Å². The maximum absolute atomic E-state index is 11.9. The summed E-state index contributed by atoms with van der Waals surface area (Å²) in [4.78, 5) is 1.66. The molecule has 0 aromatic carbocycles. The average molecular weight is 152 g/mol. The molecule has 0 fully saturated rings. The van der Waals surface area contributed by atoms with Crippen molar-refractivity contribution in [2.75, 3.05) is 20.3 Å². The zero-order chi connectivity index (χ0) is 8.15. The molecule has 0 saturated carbocycles. The van der Waals surface area contributed by atoms with Gasteiger partial charge in [-0.1, -0.05) is 6.92 Å². The summed E-state index contributed by atoms with van der Waals surface area (Å²) in [6.45, 7) is 2.20. The summed E-state index contributed by atoms with van der Waals surface area (Å²) in [6, 6.07) is 0. The quantitative estimate of drug-likeness (QED) is 0.602. The summed E-state index contributed by atoms with van der Waals surface area (Å²) in [7, 11) is 1.72. The second kappa shape index (κ2) is 4.57. The summed E-state index contributed by atoms with van der Waals surface area (Å²) in [6.07, 6.45) is -2.24.